The Bertz CT molecular complexity index is 1120. The van der Waals surface area contributed by atoms with Gasteiger partial charge in [0.1, 0.15) is 18.1 Å². The molecule has 0 radical (unpaired) electrons. The molecule has 0 saturated heterocycles. The zero-order valence-electron chi connectivity index (χ0n) is 15.5. The third-order valence-electron chi connectivity index (χ3n) is 4.61. The summed E-state index contributed by atoms with van der Waals surface area (Å²) in [6.07, 6.45) is 0. The standard InChI is InChI=1S/C22H16BrNO5/c1-13(25)28-12-11-24-21(26)17-4-2-3-16-19(10-9-18(20(16)17)22(24)27)29-15-7-5-14(23)6-8-15/h2-10H,11-12H2,1H3. The van der Waals surface area contributed by atoms with E-state index in [0.717, 1.165) is 9.37 Å². The zero-order chi connectivity index (χ0) is 20.5. The second-order valence-corrected chi connectivity index (χ2v) is 7.41. The summed E-state index contributed by atoms with van der Waals surface area (Å²) in [5, 5.41) is 1.25. The number of esters is 1. The molecule has 0 fully saturated rings. The van der Waals surface area contributed by atoms with Crippen LogP contribution in [0.3, 0.4) is 0 Å². The zero-order valence-corrected chi connectivity index (χ0v) is 17.1. The fourth-order valence-corrected chi connectivity index (χ4v) is 3.59. The van der Waals surface area contributed by atoms with Crippen LogP contribution in [0.15, 0.2) is 59.1 Å². The van der Waals surface area contributed by atoms with Gasteiger partial charge < -0.3 is 9.47 Å². The van der Waals surface area contributed by atoms with Crippen LogP contribution in [-0.4, -0.2) is 35.8 Å². The molecule has 0 spiro atoms. The first kappa shape index (κ1) is 19.1. The molecule has 3 aromatic carbocycles. The fourth-order valence-electron chi connectivity index (χ4n) is 3.32. The van der Waals surface area contributed by atoms with Crippen molar-refractivity contribution in [3.63, 3.8) is 0 Å². The Kier molecular flexibility index (Phi) is 5.07. The predicted octanol–water partition coefficient (Wildman–Crippen LogP) is 4.55. The molecule has 29 heavy (non-hydrogen) atoms. The molecule has 6 nitrogen and oxygen atoms in total. The Morgan fingerprint density at radius 2 is 1.66 bits per heavy atom. The second-order valence-electron chi connectivity index (χ2n) is 6.50. The van der Waals surface area contributed by atoms with E-state index >= 15 is 0 Å². The molecule has 1 heterocycles. The van der Waals surface area contributed by atoms with Crippen LogP contribution in [0.25, 0.3) is 10.8 Å². The quantitative estimate of drug-likeness (QED) is 0.418. The van der Waals surface area contributed by atoms with Crippen LogP contribution >= 0.6 is 15.9 Å². The highest BCUT2D eigenvalue weighted by atomic mass is 79.9. The van der Waals surface area contributed by atoms with Gasteiger partial charge in [-0.1, -0.05) is 28.1 Å². The Hall–Kier alpha value is -3.19. The highest BCUT2D eigenvalue weighted by molar-refractivity contribution is 9.10. The van der Waals surface area contributed by atoms with E-state index < -0.39 is 17.8 Å². The van der Waals surface area contributed by atoms with E-state index in [1.807, 2.05) is 30.3 Å². The number of halogens is 1. The van der Waals surface area contributed by atoms with Crippen LogP contribution in [0, 0.1) is 0 Å². The Morgan fingerprint density at radius 3 is 2.34 bits per heavy atom. The number of amides is 2. The maximum Gasteiger partial charge on any atom is 0.302 e. The van der Waals surface area contributed by atoms with Crippen LogP contribution in [0.2, 0.25) is 0 Å². The minimum absolute atomic E-state index is 0.00419. The summed E-state index contributed by atoms with van der Waals surface area (Å²) in [7, 11) is 0. The van der Waals surface area contributed by atoms with E-state index in [1.54, 1.807) is 24.3 Å². The van der Waals surface area contributed by atoms with Gasteiger partial charge in [0.05, 0.1) is 6.54 Å². The number of nitrogens with zero attached hydrogens (tertiary/aromatic N) is 1. The van der Waals surface area contributed by atoms with Crippen molar-refractivity contribution in [2.75, 3.05) is 13.2 Å². The number of hydrogen-bond donors (Lipinski definition) is 0. The van der Waals surface area contributed by atoms with E-state index in [1.165, 1.54) is 6.92 Å². The SMILES string of the molecule is CC(=O)OCCN1C(=O)c2cccc3c(Oc4ccc(Br)cc4)ccc(c23)C1=O. The summed E-state index contributed by atoms with van der Waals surface area (Å²) >= 11 is 3.39. The van der Waals surface area contributed by atoms with Crippen LogP contribution in [0.4, 0.5) is 0 Å². The Labute approximate surface area is 175 Å². The van der Waals surface area contributed by atoms with Crippen molar-refractivity contribution in [3.05, 3.63) is 70.2 Å². The van der Waals surface area contributed by atoms with Gasteiger partial charge in [0.25, 0.3) is 11.8 Å². The molecule has 0 N–H and O–H groups in total. The molecule has 1 aliphatic heterocycles. The van der Waals surface area contributed by atoms with Gasteiger partial charge >= 0.3 is 5.97 Å². The lowest BCUT2D eigenvalue weighted by Gasteiger charge is -2.27. The second kappa shape index (κ2) is 7.67. The molecule has 0 bridgehead atoms. The molecule has 1 aliphatic rings. The molecule has 146 valence electrons. The molecule has 2 amide bonds. The molecule has 0 aromatic heterocycles. The number of benzene rings is 3. The molecule has 4 rings (SSSR count). The maximum absolute atomic E-state index is 12.9. The molecule has 0 atom stereocenters. The summed E-state index contributed by atoms with van der Waals surface area (Å²) in [5.74, 6) is -0.0894. The smallest absolute Gasteiger partial charge is 0.302 e. The first-order chi connectivity index (χ1) is 14.0. The first-order valence-electron chi connectivity index (χ1n) is 8.94. The summed E-state index contributed by atoms with van der Waals surface area (Å²) in [6.45, 7) is 1.25. The van der Waals surface area contributed by atoms with Gasteiger partial charge in [0.2, 0.25) is 0 Å². The van der Waals surface area contributed by atoms with Gasteiger partial charge in [-0.15, -0.1) is 0 Å². The van der Waals surface area contributed by atoms with Crippen molar-refractivity contribution >= 4 is 44.5 Å². The molecule has 0 aliphatic carbocycles. The van der Waals surface area contributed by atoms with Crippen LogP contribution in [0.5, 0.6) is 11.5 Å². The van der Waals surface area contributed by atoms with Crippen molar-refractivity contribution in [1.82, 2.24) is 4.90 Å². The lowest BCUT2D eigenvalue weighted by Crippen LogP contribution is -2.42. The van der Waals surface area contributed by atoms with Crippen molar-refractivity contribution in [3.8, 4) is 11.5 Å². The minimum atomic E-state index is -0.459. The van der Waals surface area contributed by atoms with E-state index in [0.29, 0.717) is 33.4 Å². The average molecular weight is 454 g/mol. The molecule has 0 unspecified atom stereocenters. The predicted molar refractivity (Wildman–Crippen MR) is 110 cm³/mol. The minimum Gasteiger partial charge on any atom is -0.464 e. The molecule has 0 saturated carbocycles. The highest BCUT2D eigenvalue weighted by Crippen LogP contribution is 2.37. The van der Waals surface area contributed by atoms with E-state index in [4.69, 9.17) is 9.47 Å². The number of hydrogen-bond acceptors (Lipinski definition) is 5. The normalized spacial score (nSPS) is 13.0. The highest BCUT2D eigenvalue weighted by Gasteiger charge is 2.33. The van der Waals surface area contributed by atoms with Gasteiger partial charge in [-0.25, -0.2) is 0 Å². The van der Waals surface area contributed by atoms with Gasteiger partial charge in [-0.3, -0.25) is 19.3 Å². The van der Waals surface area contributed by atoms with E-state index in [-0.39, 0.29) is 13.2 Å². The van der Waals surface area contributed by atoms with Crippen molar-refractivity contribution in [2.24, 2.45) is 0 Å². The lowest BCUT2D eigenvalue weighted by molar-refractivity contribution is -0.141. The third kappa shape index (κ3) is 3.61. The average Bonchev–Trinajstić information content (AvgIpc) is 2.71. The molecular formula is C22H16BrNO5. The van der Waals surface area contributed by atoms with Crippen molar-refractivity contribution in [1.29, 1.82) is 0 Å². The number of carbonyl (C=O) groups excluding carboxylic acids is 3. The topological polar surface area (TPSA) is 72.9 Å². The van der Waals surface area contributed by atoms with Crippen LogP contribution < -0.4 is 4.74 Å². The third-order valence-corrected chi connectivity index (χ3v) is 5.14. The van der Waals surface area contributed by atoms with Gasteiger partial charge in [0.15, 0.2) is 0 Å². The van der Waals surface area contributed by atoms with Gasteiger partial charge in [0, 0.05) is 33.3 Å². The van der Waals surface area contributed by atoms with Crippen LogP contribution in [-0.2, 0) is 9.53 Å². The van der Waals surface area contributed by atoms with Crippen molar-refractivity contribution < 1.29 is 23.9 Å². The monoisotopic (exact) mass is 453 g/mol. The fraction of sp³-hybridized carbons (Fsp3) is 0.136. The number of carbonyl (C=O) groups is 3. The lowest BCUT2D eigenvalue weighted by atomic mass is 9.93. The first-order valence-corrected chi connectivity index (χ1v) is 9.73. The summed E-state index contributed by atoms with van der Waals surface area (Å²) in [5.41, 5.74) is 0.836. The number of ether oxygens (including phenoxy) is 2. The van der Waals surface area contributed by atoms with Gasteiger partial charge in [-0.05, 0) is 42.5 Å². The van der Waals surface area contributed by atoms with Crippen LogP contribution in [0.1, 0.15) is 27.6 Å². The number of imide groups is 1. The molecular weight excluding hydrogens is 438 g/mol. The summed E-state index contributed by atoms with van der Waals surface area (Å²) in [4.78, 5) is 37.9. The van der Waals surface area contributed by atoms with Crippen molar-refractivity contribution in [2.45, 2.75) is 6.92 Å². The number of rotatable bonds is 5. The van der Waals surface area contributed by atoms with E-state index in [2.05, 4.69) is 15.9 Å². The van der Waals surface area contributed by atoms with E-state index in [9.17, 15) is 14.4 Å². The Balaban J connectivity index is 1.73. The summed E-state index contributed by atoms with van der Waals surface area (Å²) in [6, 6.07) is 16.0. The van der Waals surface area contributed by atoms with Gasteiger partial charge in [-0.2, -0.15) is 0 Å². The molecule has 3 aromatic rings. The summed E-state index contributed by atoms with van der Waals surface area (Å²) < 4.78 is 11.8. The Morgan fingerprint density at radius 1 is 0.966 bits per heavy atom. The largest absolute Gasteiger partial charge is 0.464 e. The molecule has 7 heteroatoms. The maximum atomic E-state index is 12.9.